The van der Waals surface area contributed by atoms with Crippen molar-refractivity contribution >= 4 is 121 Å². The predicted octanol–water partition coefficient (Wildman–Crippen LogP) is 13.2. The van der Waals surface area contributed by atoms with Gasteiger partial charge in [-0.2, -0.15) is 0 Å². The molecule has 0 fully saturated rings. The Labute approximate surface area is 358 Å². The molecule has 0 aliphatic carbocycles. The second-order valence-corrected chi connectivity index (χ2v) is 18.9. The molecule has 4 heterocycles. The minimum Gasteiger partial charge on any atom is -0.310 e. The van der Waals surface area contributed by atoms with Gasteiger partial charge in [-0.1, -0.05) is 165 Å². The summed E-state index contributed by atoms with van der Waals surface area (Å²) in [5.41, 5.74) is 17.0. The third kappa shape index (κ3) is 3.78. The Hall–Kier alpha value is -7.36. The van der Waals surface area contributed by atoms with E-state index < -0.39 is 0 Å². The van der Waals surface area contributed by atoms with Crippen molar-refractivity contribution in [3.63, 3.8) is 0 Å². The molecule has 2 nitrogen and oxygen atoms in total. The van der Waals surface area contributed by atoms with E-state index in [9.17, 15) is 0 Å². The highest BCUT2D eigenvalue weighted by Crippen LogP contribution is 2.53. The Morgan fingerprint density at radius 1 is 0.371 bits per heavy atom. The molecule has 2 aliphatic heterocycles. The molecule has 0 bridgehead atoms. The molecule has 0 saturated heterocycles. The standard InChI is InChI=1S/C59H39BN2/c1-32-24-26-36-42(28-32)51-53-50-44(36)30-35(59(3,4)34-14-6-5-7-15-34)31-45(50)37-27-25-33(2)29-43(37)52(53)58-54-57(51)61-48-22-10-8-16-38(48)40-18-12-20-46(55(40)61)60(54)47-21-13-19-41-39-17-9-11-23-49(39)62(58)56(41)47/h5-31H,1-4H3. The summed E-state index contributed by atoms with van der Waals surface area (Å²) in [4.78, 5) is 0. The second kappa shape index (κ2) is 11.1. The zero-order chi connectivity index (χ0) is 40.9. The van der Waals surface area contributed by atoms with Crippen LogP contribution in [0.15, 0.2) is 164 Å². The van der Waals surface area contributed by atoms with Crippen LogP contribution in [0, 0.1) is 13.8 Å². The van der Waals surface area contributed by atoms with Gasteiger partial charge >= 0.3 is 0 Å². The number of para-hydroxylation sites is 4. The van der Waals surface area contributed by atoms with Crippen LogP contribution >= 0.6 is 0 Å². The summed E-state index contributed by atoms with van der Waals surface area (Å²) >= 11 is 0. The number of nitrogens with zero attached hydrogens (tertiary/aromatic N) is 2. The molecule has 0 amide bonds. The molecule has 13 aromatic rings. The van der Waals surface area contributed by atoms with Gasteiger partial charge in [-0.25, -0.2) is 0 Å². The molecule has 0 N–H and O–H groups in total. The van der Waals surface area contributed by atoms with Crippen molar-refractivity contribution in [1.82, 2.24) is 9.13 Å². The van der Waals surface area contributed by atoms with Crippen LogP contribution in [-0.4, -0.2) is 15.8 Å². The van der Waals surface area contributed by atoms with Crippen LogP contribution in [0.4, 0.5) is 0 Å². The van der Waals surface area contributed by atoms with E-state index in [4.69, 9.17) is 0 Å². The summed E-state index contributed by atoms with van der Waals surface area (Å²) in [7, 11) is 0. The molecule has 0 spiro atoms. The third-order valence-electron chi connectivity index (χ3n) is 15.4. The molecule has 0 unspecified atom stereocenters. The van der Waals surface area contributed by atoms with E-state index in [1.807, 2.05) is 0 Å². The van der Waals surface area contributed by atoms with Crippen LogP contribution in [-0.2, 0) is 5.41 Å². The van der Waals surface area contributed by atoms with Gasteiger partial charge in [0, 0.05) is 54.2 Å². The van der Waals surface area contributed by atoms with Crippen LogP contribution < -0.4 is 16.4 Å². The first-order chi connectivity index (χ1) is 30.4. The highest BCUT2D eigenvalue weighted by molar-refractivity contribution is 7.01. The summed E-state index contributed by atoms with van der Waals surface area (Å²) in [5.74, 6) is 0. The number of hydrogen-bond donors (Lipinski definition) is 0. The molecule has 0 saturated carbocycles. The number of benzene rings is 11. The van der Waals surface area contributed by atoms with Crippen molar-refractivity contribution in [2.45, 2.75) is 33.1 Å². The molecule has 15 rings (SSSR count). The minimum absolute atomic E-state index is 0.0425. The molecule has 0 atom stereocenters. The average molecular weight is 787 g/mol. The Morgan fingerprint density at radius 3 is 1.37 bits per heavy atom. The molecular formula is C59H39BN2. The monoisotopic (exact) mass is 786 g/mol. The maximum Gasteiger partial charge on any atom is 0.252 e. The highest BCUT2D eigenvalue weighted by Gasteiger charge is 2.43. The SMILES string of the molecule is Cc1ccc2c(c1)c1c3c4c(c5c6cc(C)ccc6c6cc(C(C)(C)c7ccccc7)cc2c6c15)-n1c2ccccc2c2cccc(c21)B4c1cccc2c4ccccc4n-3c12. The fourth-order valence-electron chi connectivity index (χ4n) is 12.7. The summed E-state index contributed by atoms with van der Waals surface area (Å²) in [6.45, 7) is 9.38. The first-order valence-corrected chi connectivity index (χ1v) is 22.1. The van der Waals surface area contributed by atoms with E-state index in [1.165, 1.54) is 147 Å². The van der Waals surface area contributed by atoms with E-state index in [0.717, 1.165) is 0 Å². The average Bonchev–Trinajstić information content (AvgIpc) is 3.82. The van der Waals surface area contributed by atoms with Crippen LogP contribution in [0.5, 0.6) is 0 Å². The lowest BCUT2D eigenvalue weighted by Crippen LogP contribution is -2.59. The number of aromatic nitrogens is 2. The quantitative estimate of drug-likeness (QED) is 0.0938. The summed E-state index contributed by atoms with van der Waals surface area (Å²) in [6, 6.07) is 63.1. The van der Waals surface area contributed by atoms with Gasteiger partial charge in [0.15, 0.2) is 0 Å². The molecular weight excluding hydrogens is 747 g/mol. The Bertz CT molecular complexity index is 3960. The van der Waals surface area contributed by atoms with E-state index >= 15 is 0 Å². The number of fused-ring (bicyclic) bond motifs is 18. The van der Waals surface area contributed by atoms with Crippen molar-refractivity contribution in [3.05, 3.63) is 186 Å². The predicted molar refractivity (Wildman–Crippen MR) is 267 cm³/mol. The van der Waals surface area contributed by atoms with Crippen molar-refractivity contribution < 1.29 is 0 Å². The van der Waals surface area contributed by atoms with E-state index in [-0.39, 0.29) is 12.1 Å². The maximum atomic E-state index is 2.69. The molecule has 288 valence electrons. The summed E-state index contributed by atoms with van der Waals surface area (Å²) in [6.07, 6.45) is 0. The smallest absolute Gasteiger partial charge is 0.252 e. The van der Waals surface area contributed by atoms with Gasteiger partial charge in [0.1, 0.15) is 0 Å². The number of rotatable bonds is 2. The summed E-state index contributed by atoms with van der Waals surface area (Å²) in [5, 5.41) is 18.7. The topological polar surface area (TPSA) is 9.86 Å². The van der Waals surface area contributed by atoms with Gasteiger partial charge in [0.2, 0.25) is 0 Å². The Kier molecular flexibility index (Phi) is 5.98. The highest BCUT2D eigenvalue weighted by atomic mass is 15.0. The van der Waals surface area contributed by atoms with E-state index in [2.05, 4.69) is 201 Å². The number of aryl methyl sites for hydroxylation is 2. The zero-order valence-electron chi connectivity index (χ0n) is 35.1. The van der Waals surface area contributed by atoms with Gasteiger partial charge in [-0.05, 0) is 103 Å². The van der Waals surface area contributed by atoms with E-state index in [0.29, 0.717) is 0 Å². The van der Waals surface area contributed by atoms with Crippen molar-refractivity contribution in [2.24, 2.45) is 0 Å². The molecule has 0 radical (unpaired) electrons. The van der Waals surface area contributed by atoms with Crippen LogP contribution in [0.1, 0.15) is 36.1 Å². The largest absolute Gasteiger partial charge is 0.310 e. The lowest BCUT2D eigenvalue weighted by molar-refractivity contribution is 0.642. The van der Waals surface area contributed by atoms with Crippen LogP contribution in [0.25, 0.3) is 109 Å². The molecule has 3 heteroatoms. The normalized spacial score (nSPS) is 13.5. The third-order valence-corrected chi connectivity index (χ3v) is 15.4. The summed E-state index contributed by atoms with van der Waals surface area (Å²) < 4.78 is 5.38. The van der Waals surface area contributed by atoms with Gasteiger partial charge in [-0.3, -0.25) is 0 Å². The van der Waals surface area contributed by atoms with Crippen LogP contribution in [0.3, 0.4) is 0 Å². The second-order valence-electron chi connectivity index (χ2n) is 18.9. The van der Waals surface area contributed by atoms with Gasteiger partial charge < -0.3 is 9.13 Å². The fourth-order valence-corrected chi connectivity index (χ4v) is 12.7. The van der Waals surface area contributed by atoms with Crippen molar-refractivity contribution in [3.8, 4) is 11.4 Å². The van der Waals surface area contributed by atoms with E-state index in [1.54, 1.807) is 0 Å². The Morgan fingerprint density at radius 2 is 0.839 bits per heavy atom. The van der Waals surface area contributed by atoms with Crippen molar-refractivity contribution in [1.29, 1.82) is 0 Å². The Balaban J connectivity index is 1.30. The molecule has 2 aliphatic rings. The number of hydrogen-bond acceptors (Lipinski definition) is 0. The fraction of sp³-hybridized carbons (Fsp3) is 0.0847. The minimum atomic E-state index is -0.225. The lowest BCUT2D eigenvalue weighted by Gasteiger charge is -2.37. The van der Waals surface area contributed by atoms with Gasteiger partial charge in [0.25, 0.3) is 6.71 Å². The van der Waals surface area contributed by atoms with Gasteiger partial charge in [0.05, 0.1) is 22.4 Å². The molecule has 2 aromatic heterocycles. The first kappa shape index (κ1) is 33.4. The molecule has 62 heavy (non-hydrogen) atoms. The zero-order valence-corrected chi connectivity index (χ0v) is 35.1. The van der Waals surface area contributed by atoms with Crippen molar-refractivity contribution in [2.75, 3.05) is 0 Å². The lowest BCUT2D eigenvalue weighted by atomic mass is 9.34. The van der Waals surface area contributed by atoms with Crippen LogP contribution in [0.2, 0.25) is 0 Å². The first-order valence-electron chi connectivity index (χ1n) is 22.1. The maximum absolute atomic E-state index is 2.69. The van der Waals surface area contributed by atoms with Gasteiger partial charge in [-0.15, -0.1) is 0 Å². The molecule has 11 aromatic carbocycles.